The van der Waals surface area contributed by atoms with Gasteiger partial charge in [-0.1, -0.05) is 18.2 Å². The van der Waals surface area contributed by atoms with Crippen molar-refractivity contribution < 1.29 is 14.6 Å². The van der Waals surface area contributed by atoms with Gasteiger partial charge in [0.2, 0.25) is 0 Å². The predicted octanol–water partition coefficient (Wildman–Crippen LogP) is 3.36. The Morgan fingerprint density at radius 1 is 1.05 bits per heavy atom. The highest BCUT2D eigenvalue weighted by Gasteiger charge is 2.03. The maximum Gasteiger partial charge on any atom is 0.181 e. The second kappa shape index (κ2) is 5.58. The smallest absolute Gasteiger partial charge is 0.181 e. The molecular formula is C16H14N2O3. The monoisotopic (exact) mass is 282 g/mol. The first-order valence-corrected chi connectivity index (χ1v) is 6.46. The molecule has 0 fully saturated rings. The molecular weight excluding hydrogens is 268 g/mol. The molecule has 1 aromatic heterocycles. The van der Waals surface area contributed by atoms with E-state index in [4.69, 9.17) is 4.42 Å². The normalized spacial score (nSPS) is 10.5. The fraction of sp³-hybridized carbons (Fsp3) is 0.0625. The van der Waals surface area contributed by atoms with Crippen molar-refractivity contribution in [2.24, 2.45) is 0 Å². The first-order chi connectivity index (χ1) is 10.2. The lowest BCUT2D eigenvalue weighted by atomic mass is 10.1. The van der Waals surface area contributed by atoms with Crippen LogP contribution in [0.5, 0.6) is 11.5 Å². The predicted molar refractivity (Wildman–Crippen MR) is 79.0 cm³/mol. The maximum absolute atomic E-state index is 9.47. The minimum absolute atomic E-state index is 0.119. The van der Waals surface area contributed by atoms with Gasteiger partial charge in [0.1, 0.15) is 0 Å². The quantitative estimate of drug-likeness (QED) is 0.639. The third-order valence-corrected chi connectivity index (χ3v) is 3.12. The van der Waals surface area contributed by atoms with Crippen molar-refractivity contribution in [2.75, 3.05) is 5.32 Å². The van der Waals surface area contributed by atoms with Crippen molar-refractivity contribution >= 4 is 5.69 Å². The average molecular weight is 282 g/mol. The lowest BCUT2D eigenvalue weighted by Crippen LogP contribution is -1.99. The first kappa shape index (κ1) is 13.1. The Balaban J connectivity index is 1.73. The summed E-state index contributed by atoms with van der Waals surface area (Å²) in [6.07, 6.45) is 3.06. The van der Waals surface area contributed by atoms with E-state index in [0.29, 0.717) is 12.3 Å². The summed E-state index contributed by atoms with van der Waals surface area (Å²) < 4.78 is 5.27. The zero-order valence-corrected chi connectivity index (χ0v) is 11.2. The van der Waals surface area contributed by atoms with Gasteiger partial charge in [-0.25, -0.2) is 4.98 Å². The Morgan fingerprint density at radius 2 is 1.95 bits per heavy atom. The number of anilines is 1. The SMILES string of the molecule is Oc1ccc(CNc2cccc(-c3cnco3)c2)cc1O. The van der Waals surface area contributed by atoms with Crippen molar-refractivity contribution in [1.82, 2.24) is 4.98 Å². The Labute approximate surface area is 121 Å². The number of hydrogen-bond acceptors (Lipinski definition) is 5. The number of nitrogens with zero attached hydrogens (tertiary/aromatic N) is 1. The van der Waals surface area contributed by atoms with Crippen LogP contribution in [-0.4, -0.2) is 15.2 Å². The van der Waals surface area contributed by atoms with E-state index in [-0.39, 0.29) is 11.5 Å². The number of nitrogens with one attached hydrogen (secondary N) is 1. The summed E-state index contributed by atoms with van der Waals surface area (Å²) in [6.45, 7) is 0.535. The van der Waals surface area contributed by atoms with Crippen LogP contribution in [0.3, 0.4) is 0 Å². The van der Waals surface area contributed by atoms with Crippen LogP contribution in [-0.2, 0) is 6.54 Å². The van der Waals surface area contributed by atoms with E-state index in [1.165, 1.54) is 18.5 Å². The highest BCUT2D eigenvalue weighted by Crippen LogP contribution is 2.26. The largest absolute Gasteiger partial charge is 0.504 e. The number of rotatable bonds is 4. The molecule has 0 saturated carbocycles. The molecule has 3 N–H and O–H groups in total. The van der Waals surface area contributed by atoms with E-state index < -0.39 is 0 Å². The van der Waals surface area contributed by atoms with Crippen LogP contribution in [0, 0.1) is 0 Å². The first-order valence-electron chi connectivity index (χ1n) is 6.46. The Bertz CT molecular complexity index is 739. The molecule has 3 rings (SSSR count). The molecule has 5 nitrogen and oxygen atoms in total. The molecule has 1 heterocycles. The average Bonchev–Trinajstić information content (AvgIpc) is 3.03. The van der Waals surface area contributed by atoms with Crippen molar-refractivity contribution in [2.45, 2.75) is 6.54 Å². The number of phenolic OH excluding ortho intramolecular Hbond substituents is 2. The van der Waals surface area contributed by atoms with Crippen LogP contribution < -0.4 is 5.32 Å². The van der Waals surface area contributed by atoms with E-state index in [2.05, 4.69) is 10.3 Å². The number of phenols is 2. The molecule has 0 aliphatic carbocycles. The minimum Gasteiger partial charge on any atom is -0.504 e. The summed E-state index contributed by atoms with van der Waals surface area (Å²) in [7, 11) is 0. The van der Waals surface area contributed by atoms with Crippen molar-refractivity contribution in [3.05, 3.63) is 60.6 Å². The topological polar surface area (TPSA) is 78.5 Å². The zero-order valence-electron chi connectivity index (χ0n) is 11.2. The highest BCUT2D eigenvalue weighted by atomic mass is 16.3. The van der Waals surface area contributed by atoms with Gasteiger partial charge in [0.15, 0.2) is 23.7 Å². The van der Waals surface area contributed by atoms with E-state index in [1.807, 2.05) is 24.3 Å². The number of hydrogen-bond donors (Lipinski definition) is 3. The molecule has 21 heavy (non-hydrogen) atoms. The van der Waals surface area contributed by atoms with Crippen LogP contribution in [0.4, 0.5) is 5.69 Å². The molecule has 0 bridgehead atoms. The van der Waals surface area contributed by atoms with Gasteiger partial charge in [-0.15, -0.1) is 0 Å². The fourth-order valence-electron chi connectivity index (χ4n) is 2.02. The molecule has 0 atom stereocenters. The molecule has 0 amide bonds. The van der Waals surface area contributed by atoms with Gasteiger partial charge < -0.3 is 19.9 Å². The molecule has 5 heteroatoms. The van der Waals surface area contributed by atoms with Crippen LogP contribution in [0.25, 0.3) is 11.3 Å². The van der Waals surface area contributed by atoms with Gasteiger partial charge in [-0.05, 0) is 29.8 Å². The molecule has 0 aliphatic heterocycles. The van der Waals surface area contributed by atoms with Gasteiger partial charge in [0, 0.05) is 17.8 Å². The molecule has 0 spiro atoms. The summed E-state index contributed by atoms with van der Waals surface area (Å²) in [6, 6.07) is 12.5. The minimum atomic E-state index is -0.121. The zero-order chi connectivity index (χ0) is 14.7. The molecule has 106 valence electrons. The van der Waals surface area contributed by atoms with Crippen LogP contribution in [0.2, 0.25) is 0 Å². The summed E-state index contributed by atoms with van der Waals surface area (Å²) in [4.78, 5) is 3.90. The van der Waals surface area contributed by atoms with Gasteiger partial charge in [-0.3, -0.25) is 0 Å². The Kier molecular flexibility index (Phi) is 3.47. The summed E-state index contributed by atoms with van der Waals surface area (Å²) in [5.74, 6) is 0.469. The molecule has 2 aromatic carbocycles. The van der Waals surface area contributed by atoms with E-state index in [9.17, 15) is 10.2 Å². The van der Waals surface area contributed by atoms with Gasteiger partial charge in [0.25, 0.3) is 0 Å². The standard InChI is InChI=1S/C16H14N2O3/c19-14-5-4-11(6-15(14)20)8-18-13-3-1-2-12(7-13)16-9-17-10-21-16/h1-7,9-10,18-20H,8H2. The summed E-state index contributed by atoms with van der Waals surface area (Å²) in [5.41, 5.74) is 2.73. The summed E-state index contributed by atoms with van der Waals surface area (Å²) >= 11 is 0. The van der Waals surface area contributed by atoms with Crippen LogP contribution in [0.15, 0.2) is 59.5 Å². The number of aromatic nitrogens is 1. The van der Waals surface area contributed by atoms with Crippen molar-refractivity contribution in [3.63, 3.8) is 0 Å². The van der Waals surface area contributed by atoms with Crippen molar-refractivity contribution in [1.29, 1.82) is 0 Å². The highest BCUT2D eigenvalue weighted by molar-refractivity contribution is 5.63. The van der Waals surface area contributed by atoms with E-state index in [0.717, 1.165) is 16.8 Å². The fourth-order valence-corrected chi connectivity index (χ4v) is 2.02. The molecule has 3 aromatic rings. The van der Waals surface area contributed by atoms with Gasteiger partial charge >= 0.3 is 0 Å². The third-order valence-electron chi connectivity index (χ3n) is 3.12. The van der Waals surface area contributed by atoms with E-state index >= 15 is 0 Å². The maximum atomic E-state index is 9.47. The molecule has 0 aliphatic rings. The van der Waals surface area contributed by atoms with Gasteiger partial charge in [0.05, 0.1) is 6.20 Å². The van der Waals surface area contributed by atoms with E-state index in [1.54, 1.807) is 12.3 Å². The molecule has 0 saturated heterocycles. The van der Waals surface area contributed by atoms with Crippen LogP contribution >= 0.6 is 0 Å². The summed E-state index contributed by atoms with van der Waals surface area (Å²) in [5, 5.41) is 22.0. The molecule has 0 unspecified atom stereocenters. The second-order valence-corrected chi connectivity index (χ2v) is 4.62. The Morgan fingerprint density at radius 3 is 2.71 bits per heavy atom. The van der Waals surface area contributed by atoms with Crippen molar-refractivity contribution in [3.8, 4) is 22.8 Å². The number of oxazole rings is 1. The second-order valence-electron chi connectivity index (χ2n) is 4.62. The van der Waals surface area contributed by atoms with Gasteiger partial charge in [-0.2, -0.15) is 0 Å². The molecule has 0 radical (unpaired) electrons. The Hall–Kier alpha value is -2.95. The number of benzene rings is 2. The lowest BCUT2D eigenvalue weighted by molar-refractivity contribution is 0.403. The third kappa shape index (κ3) is 2.97. The van der Waals surface area contributed by atoms with Crippen LogP contribution in [0.1, 0.15) is 5.56 Å². The lowest BCUT2D eigenvalue weighted by Gasteiger charge is -2.08. The number of aromatic hydroxyl groups is 2.